The van der Waals surface area contributed by atoms with E-state index in [1.54, 1.807) is 0 Å². The maximum absolute atomic E-state index is 8.82. The van der Waals surface area contributed by atoms with Crippen LogP contribution in [0, 0.1) is 16.7 Å². The van der Waals surface area contributed by atoms with E-state index in [4.69, 9.17) is 5.26 Å². The van der Waals surface area contributed by atoms with Crippen LogP contribution in [0.3, 0.4) is 0 Å². The van der Waals surface area contributed by atoms with Gasteiger partial charge in [0.25, 0.3) is 0 Å². The summed E-state index contributed by atoms with van der Waals surface area (Å²) in [6, 6.07) is 12.6. The highest BCUT2D eigenvalue weighted by atomic mass is 14.3. The fraction of sp³-hybridized carbons (Fsp3) is 0.417. The van der Waals surface area contributed by atoms with Crippen LogP contribution < -0.4 is 0 Å². The van der Waals surface area contributed by atoms with Crippen molar-refractivity contribution >= 4 is 0 Å². The number of rotatable bonds is 3. The van der Waals surface area contributed by atoms with E-state index >= 15 is 0 Å². The van der Waals surface area contributed by atoms with E-state index in [9.17, 15) is 0 Å². The van der Waals surface area contributed by atoms with Crippen LogP contribution in [0.25, 0.3) is 0 Å². The van der Waals surface area contributed by atoms with Crippen molar-refractivity contribution in [3.8, 4) is 6.07 Å². The molecule has 0 heterocycles. The average Bonchev–Trinajstić information content (AvgIpc) is 2.17. The van der Waals surface area contributed by atoms with Crippen LogP contribution in [0.15, 0.2) is 30.3 Å². The molecule has 0 radical (unpaired) electrons. The molecule has 0 amide bonds. The van der Waals surface area contributed by atoms with E-state index in [-0.39, 0.29) is 5.41 Å². The molecule has 0 spiro atoms. The first-order valence-electron chi connectivity index (χ1n) is 4.59. The minimum absolute atomic E-state index is 0.199. The summed E-state index contributed by atoms with van der Waals surface area (Å²) in [6.45, 7) is 3.96. The van der Waals surface area contributed by atoms with Crippen molar-refractivity contribution in [2.24, 2.45) is 5.41 Å². The third kappa shape index (κ3) is 3.29. The normalized spacial score (nSPS) is 10.8. The molecule has 0 bridgehead atoms. The second kappa shape index (κ2) is 4.09. The van der Waals surface area contributed by atoms with E-state index in [0.717, 1.165) is 12.8 Å². The fourth-order valence-corrected chi connectivity index (χ4v) is 1.16. The lowest BCUT2D eigenvalue weighted by molar-refractivity contribution is 0.452. The van der Waals surface area contributed by atoms with E-state index in [1.165, 1.54) is 5.56 Å². The number of nitrogens with zero attached hydrogens (tertiary/aromatic N) is 1. The molecule has 13 heavy (non-hydrogen) atoms. The highest BCUT2D eigenvalue weighted by molar-refractivity contribution is 5.15. The first kappa shape index (κ1) is 9.80. The summed E-state index contributed by atoms with van der Waals surface area (Å²) < 4.78 is 0. The van der Waals surface area contributed by atoms with Crippen molar-refractivity contribution < 1.29 is 0 Å². The molecule has 1 aromatic carbocycles. The van der Waals surface area contributed by atoms with Crippen molar-refractivity contribution in [1.82, 2.24) is 0 Å². The van der Waals surface area contributed by atoms with E-state index in [0.29, 0.717) is 0 Å². The first-order chi connectivity index (χ1) is 6.14. The van der Waals surface area contributed by atoms with Gasteiger partial charge in [-0.25, -0.2) is 0 Å². The van der Waals surface area contributed by atoms with Gasteiger partial charge in [-0.05, 0) is 32.3 Å². The molecule has 0 aromatic heterocycles. The summed E-state index contributed by atoms with van der Waals surface area (Å²) in [4.78, 5) is 0. The summed E-state index contributed by atoms with van der Waals surface area (Å²) >= 11 is 0. The van der Waals surface area contributed by atoms with Crippen molar-refractivity contribution in [2.45, 2.75) is 26.7 Å². The molecule has 1 nitrogen and oxygen atoms in total. The number of hydrogen-bond acceptors (Lipinski definition) is 1. The van der Waals surface area contributed by atoms with Gasteiger partial charge in [0.05, 0.1) is 11.5 Å². The Balaban J connectivity index is 2.50. The average molecular weight is 173 g/mol. The molecule has 0 saturated heterocycles. The molecule has 0 saturated carbocycles. The van der Waals surface area contributed by atoms with Gasteiger partial charge in [-0.1, -0.05) is 30.3 Å². The third-order valence-electron chi connectivity index (χ3n) is 2.18. The van der Waals surface area contributed by atoms with Gasteiger partial charge in [-0.15, -0.1) is 0 Å². The zero-order chi connectivity index (χ0) is 9.73. The molecule has 0 unspecified atom stereocenters. The lowest BCUT2D eigenvalue weighted by Gasteiger charge is -2.14. The van der Waals surface area contributed by atoms with Gasteiger partial charge in [-0.2, -0.15) is 5.26 Å². The first-order valence-corrected chi connectivity index (χ1v) is 4.59. The van der Waals surface area contributed by atoms with Gasteiger partial charge in [0.15, 0.2) is 0 Å². The van der Waals surface area contributed by atoms with Gasteiger partial charge < -0.3 is 0 Å². The van der Waals surface area contributed by atoms with Crippen molar-refractivity contribution in [3.63, 3.8) is 0 Å². The van der Waals surface area contributed by atoms with Gasteiger partial charge in [0.1, 0.15) is 0 Å². The van der Waals surface area contributed by atoms with Gasteiger partial charge >= 0.3 is 0 Å². The Kier molecular flexibility index (Phi) is 3.08. The summed E-state index contributed by atoms with van der Waals surface area (Å²) in [5.41, 5.74) is 1.11. The Bertz CT molecular complexity index is 293. The number of hydrogen-bond donors (Lipinski definition) is 0. The minimum atomic E-state index is -0.199. The van der Waals surface area contributed by atoms with Crippen LogP contribution in [0.4, 0.5) is 0 Å². The van der Waals surface area contributed by atoms with Crippen LogP contribution >= 0.6 is 0 Å². The molecule has 0 aliphatic rings. The summed E-state index contributed by atoms with van der Waals surface area (Å²) in [5.74, 6) is 0. The predicted molar refractivity (Wildman–Crippen MR) is 54.2 cm³/mol. The molecule has 0 atom stereocenters. The van der Waals surface area contributed by atoms with E-state index in [2.05, 4.69) is 18.2 Å². The minimum Gasteiger partial charge on any atom is -0.198 e. The lowest BCUT2D eigenvalue weighted by atomic mass is 9.88. The third-order valence-corrected chi connectivity index (χ3v) is 2.18. The molecule has 0 aliphatic heterocycles. The monoisotopic (exact) mass is 173 g/mol. The van der Waals surface area contributed by atoms with Gasteiger partial charge in [0, 0.05) is 0 Å². The van der Waals surface area contributed by atoms with Crippen LogP contribution in [0.2, 0.25) is 0 Å². The van der Waals surface area contributed by atoms with Crippen molar-refractivity contribution in [3.05, 3.63) is 35.9 Å². The number of aryl methyl sites for hydroxylation is 1. The quantitative estimate of drug-likeness (QED) is 0.688. The van der Waals surface area contributed by atoms with E-state index < -0.39 is 0 Å². The summed E-state index contributed by atoms with van der Waals surface area (Å²) in [7, 11) is 0. The lowest BCUT2D eigenvalue weighted by Crippen LogP contribution is -2.08. The molecule has 0 fully saturated rings. The Morgan fingerprint density at radius 1 is 1.23 bits per heavy atom. The SMILES string of the molecule is CC(C)(C#N)CCc1ccccc1. The molecule has 1 aromatic rings. The molecule has 1 heteroatoms. The topological polar surface area (TPSA) is 23.8 Å². The predicted octanol–water partition coefficient (Wildman–Crippen LogP) is 3.17. The molecular formula is C12H15N. The largest absolute Gasteiger partial charge is 0.198 e. The van der Waals surface area contributed by atoms with Crippen LogP contribution in [0.1, 0.15) is 25.8 Å². The number of benzene rings is 1. The summed E-state index contributed by atoms with van der Waals surface area (Å²) in [5, 5.41) is 8.82. The van der Waals surface area contributed by atoms with Crippen molar-refractivity contribution in [1.29, 1.82) is 5.26 Å². The van der Waals surface area contributed by atoms with Gasteiger partial charge in [-0.3, -0.25) is 0 Å². The second-order valence-corrected chi connectivity index (χ2v) is 3.98. The molecule has 1 rings (SSSR count). The Morgan fingerprint density at radius 3 is 2.38 bits per heavy atom. The maximum Gasteiger partial charge on any atom is 0.0684 e. The molecule has 0 N–H and O–H groups in total. The smallest absolute Gasteiger partial charge is 0.0684 e. The Hall–Kier alpha value is -1.29. The maximum atomic E-state index is 8.82. The molecule has 68 valence electrons. The van der Waals surface area contributed by atoms with E-state index in [1.807, 2.05) is 32.0 Å². The second-order valence-electron chi connectivity index (χ2n) is 3.98. The van der Waals surface area contributed by atoms with Crippen LogP contribution in [-0.4, -0.2) is 0 Å². The zero-order valence-corrected chi connectivity index (χ0v) is 8.25. The Labute approximate surface area is 80.0 Å². The Morgan fingerprint density at radius 2 is 1.85 bits per heavy atom. The summed E-state index contributed by atoms with van der Waals surface area (Å²) in [6.07, 6.45) is 1.91. The van der Waals surface area contributed by atoms with Gasteiger partial charge in [0.2, 0.25) is 0 Å². The fourth-order valence-electron chi connectivity index (χ4n) is 1.16. The van der Waals surface area contributed by atoms with Crippen LogP contribution in [-0.2, 0) is 6.42 Å². The molecular weight excluding hydrogens is 158 g/mol. The number of nitriles is 1. The van der Waals surface area contributed by atoms with Crippen molar-refractivity contribution in [2.75, 3.05) is 0 Å². The highest BCUT2D eigenvalue weighted by Gasteiger charge is 2.15. The zero-order valence-electron chi connectivity index (χ0n) is 8.25. The molecule has 0 aliphatic carbocycles. The van der Waals surface area contributed by atoms with Crippen LogP contribution in [0.5, 0.6) is 0 Å². The standard InChI is InChI=1S/C12H15N/c1-12(2,10-13)9-8-11-6-4-3-5-7-11/h3-7H,8-9H2,1-2H3. The highest BCUT2D eigenvalue weighted by Crippen LogP contribution is 2.21.